The van der Waals surface area contributed by atoms with Gasteiger partial charge >= 0.3 is 6.03 Å². The molecule has 0 unspecified atom stereocenters. The van der Waals surface area contributed by atoms with Crippen molar-refractivity contribution in [3.8, 4) is 5.75 Å². The Hall–Kier alpha value is -2.61. The Labute approximate surface area is 175 Å². The van der Waals surface area contributed by atoms with Crippen LogP contribution in [0.4, 0.5) is 4.79 Å². The molecule has 2 saturated heterocycles. The third kappa shape index (κ3) is 3.53. The van der Waals surface area contributed by atoms with Gasteiger partial charge in [-0.1, -0.05) is 12.1 Å². The first-order valence-electron chi connectivity index (χ1n) is 10.9. The summed E-state index contributed by atoms with van der Waals surface area (Å²) in [4.78, 5) is 40.9. The van der Waals surface area contributed by atoms with Crippen LogP contribution in [-0.4, -0.2) is 66.0 Å². The Morgan fingerprint density at radius 1 is 1.13 bits per heavy atom. The van der Waals surface area contributed by atoms with E-state index in [9.17, 15) is 14.4 Å². The van der Waals surface area contributed by atoms with Gasteiger partial charge in [0.15, 0.2) is 0 Å². The lowest BCUT2D eigenvalue weighted by Crippen LogP contribution is -2.53. The summed E-state index contributed by atoms with van der Waals surface area (Å²) < 4.78 is 5.58. The topological polar surface area (TPSA) is 91.0 Å². The van der Waals surface area contributed by atoms with Gasteiger partial charge in [-0.25, -0.2) is 4.79 Å². The summed E-state index contributed by atoms with van der Waals surface area (Å²) in [5.41, 5.74) is 1.80. The maximum absolute atomic E-state index is 13.0. The molecule has 1 aromatic carbocycles. The molecule has 0 atom stereocenters. The van der Waals surface area contributed by atoms with Gasteiger partial charge in [-0.2, -0.15) is 0 Å². The van der Waals surface area contributed by atoms with Crippen molar-refractivity contribution in [1.82, 2.24) is 20.4 Å². The molecular weight excluding hydrogens is 384 g/mol. The van der Waals surface area contributed by atoms with E-state index in [4.69, 9.17) is 4.74 Å². The van der Waals surface area contributed by atoms with Crippen LogP contribution in [0.15, 0.2) is 18.2 Å². The van der Waals surface area contributed by atoms with Gasteiger partial charge in [0, 0.05) is 45.1 Å². The summed E-state index contributed by atoms with van der Waals surface area (Å²) in [6, 6.07) is 6.03. The van der Waals surface area contributed by atoms with Gasteiger partial charge in [-0.3, -0.25) is 19.8 Å². The van der Waals surface area contributed by atoms with E-state index < -0.39 is 11.6 Å². The Balaban J connectivity index is 1.11. The highest BCUT2D eigenvalue weighted by Crippen LogP contribution is 2.35. The molecule has 2 N–H and O–H groups in total. The summed E-state index contributed by atoms with van der Waals surface area (Å²) in [6.07, 6.45) is 3.33. The molecule has 3 heterocycles. The zero-order valence-corrected chi connectivity index (χ0v) is 17.1. The van der Waals surface area contributed by atoms with Crippen LogP contribution in [0.25, 0.3) is 0 Å². The molecule has 1 saturated carbocycles. The summed E-state index contributed by atoms with van der Waals surface area (Å²) in [5.74, 6) is 0.913. The van der Waals surface area contributed by atoms with E-state index in [0.717, 1.165) is 51.5 Å². The predicted molar refractivity (Wildman–Crippen MR) is 109 cm³/mol. The number of imide groups is 1. The Bertz CT molecular complexity index is 870. The molecular formula is C22H28N4O4. The molecule has 4 aliphatic rings. The normalized spacial score (nSPS) is 28.8. The third-order valence-corrected chi connectivity index (χ3v) is 7.05. The number of piperazine rings is 1. The smallest absolute Gasteiger partial charge is 0.322 e. The Morgan fingerprint density at radius 2 is 1.90 bits per heavy atom. The number of nitrogens with one attached hydrogen (secondary N) is 2. The Kier molecular flexibility index (Phi) is 4.89. The molecule has 1 aliphatic carbocycles. The minimum Gasteiger partial charge on any atom is -0.493 e. The standard InChI is InChI=1S/C22H28N4O4/c27-19(16-3-6-22(7-4-16)20(28)23-21(29)24-22)26-10-8-25(9-11-26)14-15-1-2-18-17(13-15)5-12-30-18/h1-2,13,16H,3-12,14H2,(H2,23,24,28,29). The van der Waals surface area contributed by atoms with Gasteiger partial charge in [0.05, 0.1) is 6.61 Å². The molecule has 3 fully saturated rings. The monoisotopic (exact) mass is 412 g/mol. The van der Waals surface area contributed by atoms with Crippen molar-refractivity contribution in [2.24, 2.45) is 5.92 Å². The number of hydrogen-bond donors (Lipinski definition) is 2. The van der Waals surface area contributed by atoms with Crippen molar-refractivity contribution in [2.75, 3.05) is 32.8 Å². The molecule has 1 spiro atoms. The van der Waals surface area contributed by atoms with Gasteiger partial charge in [0.25, 0.3) is 5.91 Å². The van der Waals surface area contributed by atoms with Crippen LogP contribution in [0.3, 0.4) is 0 Å². The first kappa shape index (κ1) is 19.4. The van der Waals surface area contributed by atoms with Crippen LogP contribution in [0.1, 0.15) is 36.8 Å². The SMILES string of the molecule is O=C1NC(=O)C2(CCC(C(=O)N3CCN(Cc4ccc5c(c4)CCO5)CC3)CC2)N1. The molecule has 160 valence electrons. The lowest BCUT2D eigenvalue weighted by molar-refractivity contribution is -0.140. The third-order valence-electron chi connectivity index (χ3n) is 7.05. The number of ether oxygens (including phenoxy) is 1. The van der Waals surface area contributed by atoms with Crippen molar-refractivity contribution < 1.29 is 19.1 Å². The van der Waals surface area contributed by atoms with Crippen LogP contribution >= 0.6 is 0 Å². The lowest BCUT2D eigenvalue weighted by atomic mass is 9.76. The van der Waals surface area contributed by atoms with Crippen LogP contribution in [0.5, 0.6) is 5.75 Å². The number of rotatable bonds is 3. The Morgan fingerprint density at radius 3 is 2.60 bits per heavy atom. The fourth-order valence-electron chi connectivity index (χ4n) is 5.22. The highest BCUT2D eigenvalue weighted by atomic mass is 16.5. The molecule has 8 nitrogen and oxygen atoms in total. The predicted octanol–water partition coefficient (Wildman–Crippen LogP) is 1.03. The van der Waals surface area contributed by atoms with Gasteiger partial charge < -0.3 is 15.0 Å². The second kappa shape index (κ2) is 7.58. The fraction of sp³-hybridized carbons (Fsp3) is 0.591. The molecule has 0 radical (unpaired) electrons. The average molecular weight is 412 g/mol. The largest absolute Gasteiger partial charge is 0.493 e. The molecule has 0 aromatic heterocycles. The molecule has 4 amide bonds. The number of fused-ring (bicyclic) bond motifs is 1. The maximum atomic E-state index is 13.0. The highest BCUT2D eigenvalue weighted by Gasteiger charge is 2.49. The van der Waals surface area contributed by atoms with E-state index in [1.54, 1.807) is 0 Å². The maximum Gasteiger partial charge on any atom is 0.322 e. The summed E-state index contributed by atoms with van der Waals surface area (Å²) in [5, 5.41) is 5.09. The molecule has 3 aliphatic heterocycles. The van der Waals surface area contributed by atoms with E-state index in [1.807, 2.05) is 4.90 Å². The number of nitrogens with zero attached hydrogens (tertiary/aromatic N) is 2. The van der Waals surface area contributed by atoms with E-state index in [-0.39, 0.29) is 17.7 Å². The fourth-order valence-corrected chi connectivity index (χ4v) is 5.22. The number of benzene rings is 1. The van der Waals surface area contributed by atoms with Crippen molar-refractivity contribution in [1.29, 1.82) is 0 Å². The number of urea groups is 1. The number of hydrogen-bond acceptors (Lipinski definition) is 5. The van der Waals surface area contributed by atoms with Crippen molar-refractivity contribution >= 4 is 17.8 Å². The lowest BCUT2D eigenvalue weighted by Gasteiger charge is -2.39. The van der Waals surface area contributed by atoms with E-state index in [0.29, 0.717) is 25.7 Å². The molecule has 5 rings (SSSR count). The zero-order chi connectivity index (χ0) is 20.7. The zero-order valence-electron chi connectivity index (χ0n) is 17.1. The second-order valence-corrected chi connectivity index (χ2v) is 8.91. The van der Waals surface area contributed by atoms with Gasteiger partial charge in [-0.05, 0) is 42.9 Å². The number of carbonyl (C=O) groups excluding carboxylic acids is 3. The second-order valence-electron chi connectivity index (χ2n) is 8.91. The van der Waals surface area contributed by atoms with Crippen molar-refractivity contribution in [2.45, 2.75) is 44.2 Å². The van der Waals surface area contributed by atoms with Crippen LogP contribution in [0.2, 0.25) is 0 Å². The van der Waals surface area contributed by atoms with Gasteiger partial charge in [0.2, 0.25) is 5.91 Å². The molecule has 8 heteroatoms. The van der Waals surface area contributed by atoms with Crippen LogP contribution in [-0.2, 0) is 22.6 Å². The number of carbonyl (C=O) groups is 3. The molecule has 1 aromatic rings. The summed E-state index contributed by atoms with van der Waals surface area (Å²) in [6.45, 7) is 4.90. The van der Waals surface area contributed by atoms with E-state index in [2.05, 4.69) is 33.7 Å². The summed E-state index contributed by atoms with van der Waals surface area (Å²) in [7, 11) is 0. The van der Waals surface area contributed by atoms with Crippen LogP contribution in [0, 0.1) is 5.92 Å². The van der Waals surface area contributed by atoms with Crippen molar-refractivity contribution in [3.63, 3.8) is 0 Å². The highest BCUT2D eigenvalue weighted by molar-refractivity contribution is 6.07. The van der Waals surface area contributed by atoms with Crippen molar-refractivity contribution in [3.05, 3.63) is 29.3 Å². The molecule has 30 heavy (non-hydrogen) atoms. The first-order chi connectivity index (χ1) is 14.5. The average Bonchev–Trinajstić information content (AvgIpc) is 3.32. The van der Waals surface area contributed by atoms with Gasteiger partial charge in [-0.15, -0.1) is 0 Å². The summed E-state index contributed by atoms with van der Waals surface area (Å²) >= 11 is 0. The number of amides is 4. The minimum absolute atomic E-state index is 0.0517. The minimum atomic E-state index is -0.798. The van der Waals surface area contributed by atoms with E-state index >= 15 is 0 Å². The van der Waals surface area contributed by atoms with E-state index in [1.165, 1.54) is 11.1 Å². The van der Waals surface area contributed by atoms with Gasteiger partial charge in [0.1, 0.15) is 11.3 Å². The molecule has 0 bridgehead atoms. The van der Waals surface area contributed by atoms with Crippen LogP contribution < -0.4 is 15.4 Å². The first-order valence-corrected chi connectivity index (χ1v) is 10.9. The quantitative estimate of drug-likeness (QED) is 0.724.